The molecule has 0 heterocycles. The maximum absolute atomic E-state index is 2.49. The number of hydrogen-bond acceptors (Lipinski definition) is 0. The van der Waals surface area contributed by atoms with Gasteiger partial charge in [-0.3, -0.25) is 0 Å². The average Bonchev–Trinajstić information content (AvgIpc) is 2.61. The van der Waals surface area contributed by atoms with Gasteiger partial charge in [-0.15, -0.1) is 0 Å². The molecule has 0 bridgehead atoms. The Hall–Kier alpha value is -2.08. The topological polar surface area (TPSA) is 0 Å². The van der Waals surface area contributed by atoms with Crippen LogP contribution in [0.15, 0.2) is 48.5 Å². The fraction of sp³-hybridized carbons (Fsp3) is 0.360. The van der Waals surface area contributed by atoms with Gasteiger partial charge in [-0.1, -0.05) is 66.6 Å². The Morgan fingerprint density at radius 1 is 0.800 bits per heavy atom. The van der Waals surface area contributed by atoms with Crippen molar-refractivity contribution >= 4 is 10.8 Å². The lowest BCUT2D eigenvalue weighted by molar-refractivity contribution is 0.281. The number of rotatable bonds is 0. The molecule has 25 heavy (non-hydrogen) atoms. The van der Waals surface area contributed by atoms with Crippen molar-refractivity contribution in [1.29, 1.82) is 0 Å². The van der Waals surface area contributed by atoms with Crippen molar-refractivity contribution in [2.45, 2.75) is 51.9 Å². The molecular formula is C25H26. The van der Waals surface area contributed by atoms with Crippen LogP contribution >= 0.6 is 0 Å². The van der Waals surface area contributed by atoms with Gasteiger partial charge in [-0.25, -0.2) is 0 Å². The van der Waals surface area contributed by atoms with E-state index >= 15 is 0 Å². The lowest BCUT2D eigenvalue weighted by Crippen LogP contribution is -2.35. The first-order valence-corrected chi connectivity index (χ1v) is 9.74. The maximum Gasteiger partial charge on any atom is 0.0215 e. The molecule has 0 N–H and O–H groups in total. The van der Waals surface area contributed by atoms with E-state index in [-0.39, 0.29) is 5.41 Å². The van der Waals surface area contributed by atoms with E-state index in [1.807, 2.05) is 0 Å². The quantitative estimate of drug-likeness (QED) is 0.420. The van der Waals surface area contributed by atoms with Crippen molar-refractivity contribution in [3.8, 4) is 11.1 Å². The van der Waals surface area contributed by atoms with E-state index in [1.165, 1.54) is 58.7 Å². The van der Waals surface area contributed by atoms with Crippen molar-refractivity contribution in [3.05, 3.63) is 70.8 Å². The minimum atomic E-state index is 0.215. The second-order valence-electron chi connectivity index (χ2n) is 8.53. The van der Waals surface area contributed by atoms with Gasteiger partial charge in [0.2, 0.25) is 0 Å². The molecule has 1 saturated carbocycles. The molecule has 0 heteroatoms. The normalized spacial score (nSPS) is 24.5. The van der Waals surface area contributed by atoms with Crippen LogP contribution in [-0.2, 0) is 5.41 Å². The summed E-state index contributed by atoms with van der Waals surface area (Å²) >= 11 is 0. The van der Waals surface area contributed by atoms with Crippen LogP contribution in [0.5, 0.6) is 0 Å². The van der Waals surface area contributed by atoms with E-state index in [9.17, 15) is 0 Å². The van der Waals surface area contributed by atoms with Crippen LogP contribution in [0, 0.1) is 19.8 Å². The molecule has 0 nitrogen and oxygen atoms in total. The number of hydrogen-bond donors (Lipinski definition) is 0. The van der Waals surface area contributed by atoms with E-state index in [0.29, 0.717) is 0 Å². The van der Waals surface area contributed by atoms with E-state index in [1.54, 1.807) is 11.1 Å². The standard InChI is InChI=1S/C25H26/c1-16-9-11-25(12-10-16)22-14-17(2)7-8-20(22)21-6-4-5-19-13-18(3)15-23(25)24(19)21/h4-8,13-16H,9-12H2,1-3H3. The van der Waals surface area contributed by atoms with Crippen molar-refractivity contribution in [2.75, 3.05) is 0 Å². The third-order valence-electron chi connectivity index (χ3n) is 6.75. The predicted octanol–water partition coefficient (Wildman–Crippen LogP) is 6.93. The largest absolute Gasteiger partial charge is 0.0625 e. The summed E-state index contributed by atoms with van der Waals surface area (Å²) in [4.78, 5) is 0. The SMILES string of the molecule is Cc1ccc2c(c1)C1(CCC(C)CC1)c1cc(C)cc3cccc-2c13. The molecule has 2 aliphatic carbocycles. The van der Waals surface area contributed by atoms with Crippen LogP contribution in [0.1, 0.15) is 54.9 Å². The van der Waals surface area contributed by atoms with Gasteiger partial charge < -0.3 is 0 Å². The Kier molecular flexibility index (Phi) is 3.17. The molecule has 0 amide bonds. The van der Waals surface area contributed by atoms with Gasteiger partial charge in [0.05, 0.1) is 0 Å². The van der Waals surface area contributed by atoms with Gasteiger partial charge in [0.15, 0.2) is 0 Å². The van der Waals surface area contributed by atoms with Gasteiger partial charge in [0.25, 0.3) is 0 Å². The zero-order valence-corrected chi connectivity index (χ0v) is 15.5. The fourth-order valence-electron chi connectivity index (χ4n) is 5.41. The van der Waals surface area contributed by atoms with E-state index in [2.05, 4.69) is 69.3 Å². The smallest absolute Gasteiger partial charge is 0.0215 e. The maximum atomic E-state index is 2.49. The van der Waals surface area contributed by atoms with Gasteiger partial charge in [-0.05, 0) is 78.5 Å². The summed E-state index contributed by atoms with van der Waals surface area (Å²) in [5.74, 6) is 0.858. The van der Waals surface area contributed by atoms with Gasteiger partial charge in [0, 0.05) is 5.41 Å². The molecule has 1 spiro atoms. The predicted molar refractivity (Wildman–Crippen MR) is 107 cm³/mol. The van der Waals surface area contributed by atoms with E-state index < -0.39 is 0 Å². The second kappa shape index (κ2) is 5.21. The molecule has 0 radical (unpaired) electrons. The molecule has 2 aliphatic rings. The Morgan fingerprint density at radius 2 is 1.56 bits per heavy atom. The lowest BCUT2D eigenvalue weighted by Gasteiger charge is -2.45. The molecule has 0 saturated heterocycles. The van der Waals surface area contributed by atoms with Crippen molar-refractivity contribution in [1.82, 2.24) is 0 Å². The van der Waals surface area contributed by atoms with E-state index in [0.717, 1.165) is 5.92 Å². The molecular weight excluding hydrogens is 300 g/mol. The molecule has 0 aromatic heterocycles. The summed E-state index contributed by atoms with van der Waals surface area (Å²) in [7, 11) is 0. The zero-order valence-electron chi connectivity index (χ0n) is 15.5. The summed E-state index contributed by atoms with van der Waals surface area (Å²) in [6, 6.07) is 18.9. The highest BCUT2D eigenvalue weighted by atomic mass is 14.5. The molecule has 0 aliphatic heterocycles. The highest BCUT2D eigenvalue weighted by molar-refractivity contribution is 6.03. The monoisotopic (exact) mass is 326 g/mol. The number of aryl methyl sites for hydroxylation is 2. The minimum absolute atomic E-state index is 0.215. The highest BCUT2D eigenvalue weighted by Crippen LogP contribution is 2.55. The lowest BCUT2D eigenvalue weighted by atomic mass is 9.58. The third kappa shape index (κ3) is 2.06. The van der Waals surface area contributed by atoms with Gasteiger partial charge in [0.1, 0.15) is 0 Å². The molecule has 3 aromatic rings. The second-order valence-corrected chi connectivity index (χ2v) is 8.53. The Morgan fingerprint density at radius 3 is 2.36 bits per heavy atom. The van der Waals surface area contributed by atoms with Gasteiger partial charge >= 0.3 is 0 Å². The Balaban J connectivity index is 1.93. The molecule has 3 aromatic carbocycles. The van der Waals surface area contributed by atoms with Crippen LogP contribution in [0.2, 0.25) is 0 Å². The van der Waals surface area contributed by atoms with Crippen molar-refractivity contribution in [2.24, 2.45) is 5.92 Å². The van der Waals surface area contributed by atoms with Crippen molar-refractivity contribution in [3.63, 3.8) is 0 Å². The van der Waals surface area contributed by atoms with Crippen LogP contribution in [0.4, 0.5) is 0 Å². The van der Waals surface area contributed by atoms with Crippen LogP contribution in [-0.4, -0.2) is 0 Å². The summed E-state index contributed by atoms with van der Waals surface area (Å²) in [5.41, 5.74) is 9.10. The minimum Gasteiger partial charge on any atom is -0.0625 e. The Bertz CT molecular complexity index is 984. The molecule has 126 valence electrons. The summed E-state index contributed by atoms with van der Waals surface area (Å²) in [5, 5.41) is 2.93. The first-order chi connectivity index (χ1) is 12.1. The average molecular weight is 326 g/mol. The highest BCUT2D eigenvalue weighted by Gasteiger charge is 2.43. The molecule has 0 atom stereocenters. The summed E-state index contributed by atoms with van der Waals surface area (Å²) in [6.07, 6.45) is 5.25. The number of benzene rings is 3. The first kappa shape index (κ1) is 15.2. The Labute approximate surface area is 150 Å². The van der Waals surface area contributed by atoms with Crippen LogP contribution < -0.4 is 0 Å². The fourth-order valence-corrected chi connectivity index (χ4v) is 5.41. The van der Waals surface area contributed by atoms with Crippen molar-refractivity contribution < 1.29 is 0 Å². The first-order valence-electron chi connectivity index (χ1n) is 9.74. The molecule has 1 fully saturated rings. The van der Waals surface area contributed by atoms with Crippen LogP contribution in [0.3, 0.4) is 0 Å². The van der Waals surface area contributed by atoms with E-state index in [4.69, 9.17) is 0 Å². The van der Waals surface area contributed by atoms with Crippen LogP contribution in [0.25, 0.3) is 21.9 Å². The summed E-state index contributed by atoms with van der Waals surface area (Å²) in [6.45, 7) is 6.92. The molecule has 5 rings (SSSR count). The zero-order chi connectivity index (χ0) is 17.2. The van der Waals surface area contributed by atoms with Gasteiger partial charge in [-0.2, -0.15) is 0 Å². The number of fused-ring (bicyclic) bond motifs is 4. The summed E-state index contributed by atoms with van der Waals surface area (Å²) < 4.78 is 0. The third-order valence-corrected chi connectivity index (χ3v) is 6.75. The molecule has 0 unspecified atom stereocenters.